The van der Waals surface area contributed by atoms with E-state index < -0.39 is 11.8 Å². The standard InChI is InChI=1S/C7H10N4O2/c1-11-3-2-9-6(11)7(13)10-4-5(8)12/h2-3H,4H2,1H3,(H2,8,12)(H,10,13). The summed E-state index contributed by atoms with van der Waals surface area (Å²) in [4.78, 5) is 25.4. The zero-order valence-corrected chi connectivity index (χ0v) is 7.15. The minimum Gasteiger partial charge on any atom is -0.368 e. The van der Waals surface area contributed by atoms with Crippen molar-refractivity contribution in [3.63, 3.8) is 0 Å². The van der Waals surface area contributed by atoms with Crippen molar-refractivity contribution in [2.24, 2.45) is 12.8 Å². The van der Waals surface area contributed by atoms with Crippen molar-refractivity contribution >= 4 is 11.8 Å². The van der Waals surface area contributed by atoms with Crippen LogP contribution in [0.25, 0.3) is 0 Å². The van der Waals surface area contributed by atoms with Gasteiger partial charge in [-0.25, -0.2) is 4.98 Å². The first-order valence-corrected chi connectivity index (χ1v) is 3.65. The molecule has 70 valence electrons. The molecule has 0 aliphatic heterocycles. The van der Waals surface area contributed by atoms with Gasteiger partial charge >= 0.3 is 0 Å². The van der Waals surface area contributed by atoms with E-state index in [9.17, 15) is 9.59 Å². The molecule has 6 nitrogen and oxygen atoms in total. The number of carbonyl (C=O) groups excluding carboxylic acids is 2. The quantitative estimate of drug-likeness (QED) is 0.604. The highest BCUT2D eigenvalue weighted by atomic mass is 16.2. The number of hydrogen-bond donors (Lipinski definition) is 2. The van der Waals surface area contributed by atoms with E-state index >= 15 is 0 Å². The van der Waals surface area contributed by atoms with Crippen LogP contribution in [0.3, 0.4) is 0 Å². The van der Waals surface area contributed by atoms with E-state index in [2.05, 4.69) is 10.3 Å². The minimum absolute atomic E-state index is 0.175. The number of aryl methyl sites for hydroxylation is 1. The van der Waals surface area contributed by atoms with Gasteiger partial charge in [-0.15, -0.1) is 0 Å². The molecule has 0 fully saturated rings. The van der Waals surface area contributed by atoms with E-state index in [1.165, 1.54) is 6.20 Å². The van der Waals surface area contributed by atoms with Crippen molar-refractivity contribution in [3.05, 3.63) is 18.2 Å². The first-order chi connectivity index (χ1) is 6.11. The second kappa shape index (κ2) is 3.70. The smallest absolute Gasteiger partial charge is 0.287 e. The van der Waals surface area contributed by atoms with Crippen LogP contribution in [-0.4, -0.2) is 27.9 Å². The van der Waals surface area contributed by atoms with E-state index in [-0.39, 0.29) is 12.4 Å². The summed E-state index contributed by atoms with van der Waals surface area (Å²) in [5, 5.41) is 2.33. The van der Waals surface area contributed by atoms with Crippen LogP contribution >= 0.6 is 0 Å². The molecule has 0 spiro atoms. The van der Waals surface area contributed by atoms with E-state index in [0.717, 1.165) is 0 Å². The van der Waals surface area contributed by atoms with Crippen LogP contribution in [0.2, 0.25) is 0 Å². The average molecular weight is 182 g/mol. The molecule has 1 rings (SSSR count). The van der Waals surface area contributed by atoms with Crippen LogP contribution in [0.1, 0.15) is 10.6 Å². The zero-order chi connectivity index (χ0) is 9.84. The van der Waals surface area contributed by atoms with Crippen molar-refractivity contribution < 1.29 is 9.59 Å². The van der Waals surface area contributed by atoms with Gasteiger partial charge in [0.05, 0.1) is 6.54 Å². The topological polar surface area (TPSA) is 90.0 Å². The maximum absolute atomic E-state index is 11.2. The van der Waals surface area contributed by atoms with Crippen molar-refractivity contribution in [2.45, 2.75) is 0 Å². The second-order valence-corrected chi connectivity index (χ2v) is 2.51. The predicted octanol–water partition coefficient (Wildman–Crippen LogP) is -1.36. The average Bonchev–Trinajstić information content (AvgIpc) is 2.47. The van der Waals surface area contributed by atoms with Crippen LogP contribution in [0.15, 0.2) is 12.4 Å². The molecule has 6 heteroatoms. The fraction of sp³-hybridized carbons (Fsp3) is 0.286. The van der Waals surface area contributed by atoms with Gasteiger partial charge in [0.15, 0.2) is 5.82 Å². The molecule has 0 aliphatic rings. The first kappa shape index (κ1) is 9.24. The number of imidazole rings is 1. The van der Waals surface area contributed by atoms with Gasteiger partial charge in [-0.3, -0.25) is 9.59 Å². The Hall–Kier alpha value is -1.85. The van der Waals surface area contributed by atoms with E-state index in [1.807, 2.05) is 0 Å². The zero-order valence-electron chi connectivity index (χ0n) is 7.15. The lowest BCUT2D eigenvalue weighted by atomic mass is 10.5. The number of primary amides is 1. The van der Waals surface area contributed by atoms with E-state index in [1.54, 1.807) is 17.8 Å². The number of nitrogens with one attached hydrogen (secondary N) is 1. The molecular weight excluding hydrogens is 172 g/mol. The lowest BCUT2D eigenvalue weighted by molar-refractivity contribution is -0.117. The summed E-state index contributed by atoms with van der Waals surface area (Å²) in [5.41, 5.74) is 4.85. The third kappa shape index (κ3) is 2.29. The van der Waals surface area contributed by atoms with Gasteiger partial charge in [-0.05, 0) is 0 Å². The van der Waals surface area contributed by atoms with Crippen molar-refractivity contribution in [1.29, 1.82) is 0 Å². The molecule has 1 aromatic heterocycles. The lowest BCUT2D eigenvalue weighted by Gasteiger charge is -2.01. The van der Waals surface area contributed by atoms with Crippen molar-refractivity contribution in [1.82, 2.24) is 14.9 Å². The molecule has 0 aromatic carbocycles. The summed E-state index contributed by atoms with van der Waals surface area (Å²) in [6.45, 7) is -0.175. The highest BCUT2D eigenvalue weighted by molar-refractivity contribution is 5.93. The predicted molar refractivity (Wildman–Crippen MR) is 44.7 cm³/mol. The number of aromatic nitrogens is 2. The largest absolute Gasteiger partial charge is 0.368 e. The Balaban J connectivity index is 2.59. The summed E-state index contributed by atoms with van der Waals surface area (Å²) in [6, 6.07) is 0. The Kier molecular flexibility index (Phi) is 2.63. The van der Waals surface area contributed by atoms with Gasteiger partial charge in [0.1, 0.15) is 0 Å². The molecule has 0 saturated heterocycles. The Morgan fingerprint density at radius 3 is 2.85 bits per heavy atom. The molecule has 0 unspecified atom stereocenters. The lowest BCUT2D eigenvalue weighted by Crippen LogP contribution is -2.34. The fourth-order valence-electron chi connectivity index (χ4n) is 0.831. The maximum Gasteiger partial charge on any atom is 0.287 e. The minimum atomic E-state index is -0.581. The van der Waals surface area contributed by atoms with Crippen molar-refractivity contribution in [2.75, 3.05) is 6.54 Å². The molecule has 0 aliphatic carbocycles. The summed E-state index contributed by atoms with van der Waals surface area (Å²) in [6.07, 6.45) is 3.14. The van der Waals surface area contributed by atoms with E-state index in [0.29, 0.717) is 0 Å². The number of amides is 2. The van der Waals surface area contributed by atoms with Crippen LogP contribution in [-0.2, 0) is 11.8 Å². The van der Waals surface area contributed by atoms with Gasteiger partial charge in [-0.1, -0.05) is 0 Å². The molecule has 0 radical (unpaired) electrons. The van der Waals surface area contributed by atoms with E-state index in [4.69, 9.17) is 5.73 Å². The molecule has 0 bridgehead atoms. The van der Waals surface area contributed by atoms with Crippen LogP contribution in [0.5, 0.6) is 0 Å². The molecular formula is C7H10N4O2. The number of carbonyl (C=O) groups is 2. The van der Waals surface area contributed by atoms with Crippen LogP contribution in [0.4, 0.5) is 0 Å². The summed E-state index contributed by atoms with van der Waals surface area (Å²) < 4.78 is 1.55. The SMILES string of the molecule is Cn1ccnc1C(=O)NCC(N)=O. The molecule has 2 amide bonds. The Labute approximate surface area is 74.7 Å². The van der Waals surface area contributed by atoms with Gasteiger partial charge in [0.2, 0.25) is 5.91 Å². The maximum atomic E-state index is 11.2. The molecule has 13 heavy (non-hydrogen) atoms. The molecule has 0 atom stereocenters. The van der Waals surface area contributed by atoms with Crippen LogP contribution < -0.4 is 11.1 Å². The molecule has 3 N–H and O–H groups in total. The third-order valence-electron chi connectivity index (χ3n) is 1.45. The second-order valence-electron chi connectivity index (χ2n) is 2.51. The monoisotopic (exact) mass is 182 g/mol. The molecule has 1 heterocycles. The Morgan fingerprint density at radius 1 is 1.69 bits per heavy atom. The fourth-order valence-corrected chi connectivity index (χ4v) is 0.831. The number of hydrogen-bond acceptors (Lipinski definition) is 3. The normalized spacial score (nSPS) is 9.62. The highest BCUT2D eigenvalue weighted by Crippen LogP contribution is 1.92. The number of nitrogens with two attached hydrogens (primary N) is 1. The summed E-state index contributed by atoms with van der Waals surface area (Å²) in [7, 11) is 1.69. The van der Waals surface area contributed by atoms with Crippen molar-refractivity contribution in [3.8, 4) is 0 Å². The molecule has 1 aromatic rings. The molecule has 0 saturated carbocycles. The highest BCUT2D eigenvalue weighted by Gasteiger charge is 2.10. The number of rotatable bonds is 3. The summed E-state index contributed by atoms with van der Waals surface area (Å²) >= 11 is 0. The van der Waals surface area contributed by atoms with Gasteiger partial charge < -0.3 is 15.6 Å². The van der Waals surface area contributed by atoms with Gasteiger partial charge in [0, 0.05) is 19.4 Å². The Morgan fingerprint density at radius 2 is 2.38 bits per heavy atom. The third-order valence-corrected chi connectivity index (χ3v) is 1.45. The Bertz CT molecular complexity index is 331. The first-order valence-electron chi connectivity index (χ1n) is 3.65. The summed E-state index contributed by atoms with van der Waals surface area (Å²) in [5.74, 6) is -0.741. The van der Waals surface area contributed by atoms with Gasteiger partial charge in [-0.2, -0.15) is 0 Å². The van der Waals surface area contributed by atoms with Gasteiger partial charge in [0.25, 0.3) is 5.91 Å². The van der Waals surface area contributed by atoms with Crippen LogP contribution in [0, 0.1) is 0 Å². The number of nitrogens with zero attached hydrogens (tertiary/aromatic N) is 2.